The van der Waals surface area contributed by atoms with E-state index in [0.29, 0.717) is 22.9 Å². The van der Waals surface area contributed by atoms with Crippen LogP contribution in [0, 0.1) is 6.92 Å². The lowest BCUT2D eigenvalue weighted by Crippen LogP contribution is -1.98. The van der Waals surface area contributed by atoms with Gasteiger partial charge in [0.25, 0.3) is 0 Å². The van der Waals surface area contributed by atoms with Crippen LogP contribution in [0.1, 0.15) is 40.6 Å². The third-order valence-electron chi connectivity index (χ3n) is 3.40. The normalized spacial score (nSPS) is 14.3. The standard InChI is InChI=1S/C15H15NO4/c1-8-3-6-11(19-2)10(7-8)14-16-12(9-4-5-9)13(20-14)15(17)18/h3,6-7,9H,4-5H2,1-2H3,(H,17,18). The van der Waals surface area contributed by atoms with E-state index in [4.69, 9.17) is 9.15 Å². The maximum Gasteiger partial charge on any atom is 0.373 e. The van der Waals surface area contributed by atoms with Crippen LogP contribution in [-0.2, 0) is 0 Å². The van der Waals surface area contributed by atoms with E-state index < -0.39 is 5.97 Å². The molecular formula is C15H15NO4. The van der Waals surface area contributed by atoms with Gasteiger partial charge < -0.3 is 14.3 Å². The number of hydrogen-bond acceptors (Lipinski definition) is 4. The summed E-state index contributed by atoms with van der Waals surface area (Å²) in [5.41, 5.74) is 2.27. The van der Waals surface area contributed by atoms with E-state index in [1.807, 2.05) is 25.1 Å². The summed E-state index contributed by atoms with van der Waals surface area (Å²) in [7, 11) is 1.57. The maximum absolute atomic E-state index is 11.3. The fourth-order valence-corrected chi connectivity index (χ4v) is 2.22. The topological polar surface area (TPSA) is 72.6 Å². The van der Waals surface area contributed by atoms with Crippen LogP contribution in [0.4, 0.5) is 0 Å². The van der Waals surface area contributed by atoms with E-state index in [1.165, 1.54) is 0 Å². The van der Waals surface area contributed by atoms with E-state index in [1.54, 1.807) is 7.11 Å². The average molecular weight is 273 g/mol. The third kappa shape index (κ3) is 2.15. The van der Waals surface area contributed by atoms with Gasteiger partial charge in [-0.15, -0.1) is 0 Å². The molecule has 0 atom stereocenters. The third-order valence-corrected chi connectivity index (χ3v) is 3.40. The second-order valence-electron chi connectivity index (χ2n) is 5.02. The number of hydrogen-bond donors (Lipinski definition) is 1. The molecule has 0 aliphatic heterocycles. The molecule has 1 saturated carbocycles. The first-order chi connectivity index (χ1) is 9.60. The van der Waals surface area contributed by atoms with Crippen molar-refractivity contribution in [1.82, 2.24) is 4.98 Å². The molecule has 5 nitrogen and oxygen atoms in total. The molecule has 0 spiro atoms. The largest absolute Gasteiger partial charge is 0.496 e. The molecule has 1 heterocycles. The summed E-state index contributed by atoms with van der Waals surface area (Å²) in [5, 5.41) is 9.22. The second kappa shape index (κ2) is 4.67. The number of ether oxygens (including phenoxy) is 1. The Balaban J connectivity index is 2.12. The molecular weight excluding hydrogens is 258 g/mol. The van der Waals surface area contributed by atoms with Gasteiger partial charge in [-0.2, -0.15) is 0 Å². The first-order valence-corrected chi connectivity index (χ1v) is 6.49. The lowest BCUT2D eigenvalue weighted by molar-refractivity contribution is 0.0661. The van der Waals surface area contributed by atoms with Gasteiger partial charge in [0, 0.05) is 5.92 Å². The summed E-state index contributed by atoms with van der Waals surface area (Å²) in [4.78, 5) is 15.6. The first kappa shape index (κ1) is 12.7. The van der Waals surface area contributed by atoms with Crippen LogP contribution in [0.2, 0.25) is 0 Å². The quantitative estimate of drug-likeness (QED) is 0.925. The van der Waals surface area contributed by atoms with Crippen LogP contribution < -0.4 is 4.74 Å². The molecule has 20 heavy (non-hydrogen) atoms. The van der Waals surface area contributed by atoms with Crippen molar-refractivity contribution in [3.05, 3.63) is 35.2 Å². The minimum Gasteiger partial charge on any atom is -0.496 e. The number of rotatable bonds is 4. The zero-order valence-electron chi connectivity index (χ0n) is 11.3. The SMILES string of the molecule is COc1ccc(C)cc1-c1nc(C2CC2)c(C(=O)O)o1. The number of aromatic carboxylic acids is 1. The molecule has 2 aromatic rings. The van der Waals surface area contributed by atoms with Crippen molar-refractivity contribution in [3.63, 3.8) is 0 Å². The van der Waals surface area contributed by atoms with Gasteiger partial charge in [0.1, 0.15) is 5.75 Å². The molecule has 0 unspecified atom stereocenters. The maximum atomic E-state index is 11.3. The molecule has 0 radical (unpaired) electrons. The van der Waals surface area contributed by atoms with Crippen molar-refractivity contribution in [2.45, 2.75) is 25.7 Å². The molecule has 3 rings (SSSR count). The van der Waals surface area contributed by atoms with Gasteiger partial charge in [0.15, 0.2) is 0 Å². The molecule has 0 amide bonds. The van der Waals surface area contributed by atoms with Gasteiger partial charge in [-0.1, -0.05) is 11.6 Å². The summed E-state index contributed by atoms with van der Waals surface area (Å²) < 4.78 is 10.8. The predicted molar refractivity (Wildman–Crippen MR) is 72.2 cm³/mol. The van der Waals surface area contributed by atoms with Gasteiger partial charge in [0.2, 0.25) is 11.7 Å². The Hall–Kier alpha value is -2.30. The fraction of sp³-hybridized carbons (Fsp3) is 0.333. The molecule has 1 aromatic heterocycles. The van der Waals surface area contributed by atoms with Crippen LogP contribution in [-0.4, -0.2) is 23.2 Å². The van der Waals surface area contributed by atoms with Crippen LogP contribution in [0.15, 0.2) is 22.6 Å². The Morgan fingerprint density at radius 2 is 2.20 bits per heavy atom. The van der Waals surface area contributed by atoms with Gasteiger partial charge >= 0.3 is 5.97 Å². The monoisotopic (exact) mass is 273 g/mol. The summed E-state index contributed by atoms with van der Waals surface area (Å²) in [6, 6.07) is 5.63. The highest BCUT2D eigenvalue weighted by atomic mass is 16.5. The highest BCUT2D eigenvalue weighted by Crippen LogP contribution is 2.43. The summed E-state index contributed by atoms with van der Waals surface area (Å²) in [6.07, 6.45) is 1.94. The van der Waals surface area contributed by atoms with Crippen molar-refractivity contribution >= 4 is 5.97 Å². The number of methoxy groups -OCH3 is 1. The van der Waals surface area contributed by atoms with Gasteiger partial charge in [0.05, 0.1) is 18.4 Å². The average Bonchev–Trinajstić information content (AvgIpc) is 3.17. The molecule has 104 valence electrons. The van der Waals surface area contributed by atoms with E-state index in [9.17, 15) is 9.90 Å². The number of benzene rings is 1. The Labute approximate surface area is 116 Å². The van der Waals surface area contributed by atoms with Crippen LogP contribution in [0.5, 0.6) is 5.75 Å². The first-order valence-electron chi connectivity index (χ1n) is 6.49. The van der Waals surface area contributed by atoms with Crippen LogP contribution >= 0.6 is 0 Å². The lowest BCUT2D eigenvalue weighted by atomic mass is 10.1. The van der Waals surface area contributed by atoms with Crippen molar-refractivity contribution in [3.8, 4) is 17.2 Å². The number of carboxylic acids is 1. The summed E-state index contributed by atoms with van der Waals surface area (Å²) in [5.74, 6) is 0.0266. The van der Waals surface area contributed by atoms with Gasteiger partial charge in [-0.25, -0.2) is 9.78 Å². The summed E-state index contributed by atoms with van der Waals surface area (Å²) in [6.45, 7) is 1.95. The Morgan fingerprint density at radius 3 is 2.80 bits per heavy atom. The van der Waals surface area contributed by atoms with Crippen molar-refractivity contribution < 1.29 is 19.1 Å². The number of oxazole rings is 1. The minimum atomic E-state index is -1.07. The summed E-state index contributed by atoms with van der Waals surface area (Å²) >= 11 is 0. The highest BCUT2D eigenvalue weighted by molar-refractivity contribution is 5.86. The molecule has 0 saturated heterocycles. The highest BCUT2D eigenvalue weighted by Gasteiger charge is 2.34. The second-order valence-corrected chi connectivity index (χ2v) is 5.02. The number of carbonyl (C=O) groups is 1. The van der Waals surface area contributed by atoms with Gasteiger partial charge in [-0.05, 0) is 31.9 Å². The molecule has 1 aliphatic rings. The molecule has 5 heteroatoms. The van der Waals surface area contributed by atoms with Crippen molar-refractivity contribution in [1.29, 1.82) is 0 Å². The molecule has 0 bridgehead atoms. The number of aromatic nitrogens is 1. The van der Waals surface area contributed by atoms with E-state index in [-0.39, 0.29) is 11.7 Å². The molecule has 1 N–H and O–H groups in total. The molecule has 1 aromatic carbocycles. The fourth-order valence-electron chi connectivity index (χ4n) is 2.22. The Bertz CT molecular complexity index is 671. The zero-order chi connectivity index (χ0) is 14.3. The Morgan fingerprint density at radius 1 is 1.45 bits per heavy atom. The molecule has 1 fully saturated rings. The predicted octanol–water partition coefficient (Wildman–Crippen LogP) is 3.23. The van der Waals surface area contributed by atoms with E-state index in [0.717, 1.165) is 18.4 Å². The van der Waals surface area contributed by atoms with E-state index >= 15 is 0 Å². The van der Waals surface area contributed by atoms with E-state index in [2.05, 4.69) is 4.98 Å². The van der Waals surface area contributed by atoms with Crippen LogP contribution in [0.25, 0.3) is 11.5 Å². The van der Waals surface area contributed by atoms with Crippen LogP contribution in [0.3, 0.4) is 0 Å². The number of aryl methyl sites for hydroxylation is 1. The lowest BCUT2D eigenvalue weighted by Gasteiger charge is -2.05. The number of carboxylic acid groups (broad SMARTS) is 1. The van der Waals surface area contributed by atoms with Crippen molar-refractivity contribution in [2.75, 3.05) is 7.11 Å². The smallest absolute Gasteiger partial charge is 0.373 e. The Kier molecular flexibility index (Phi) is 2.97. The van der Waals surface area contributed by atoms with Gasteiger partial charge in [-0.3, -0.25) is 0 Å². The minimum absolute atomic E-state index is 0.0499. The zero-order valence-corrected chi connectivity index (χ0v) is 11.3. The van der Waals surface area contributed by atoms with Crippen molar-refractivity contribution in [2.24, 2.45) is 0 Å². The molecule has 1 aliphatic carbocycles. The number of nitrogens with zero attached hydrogens (tertiary/aromatic N) is 1.